The largest absolute Gasteiger partial charge is 0.322 e. The standard InChI is InChI=1S/C22H17Cl2N3O4/c1-12-3-5-16(10-19(12)23)25-21(28)14-7-15(9-18(8-14)27(30)31)22(29)26-17-6-4-13(2)20(24)11-17/h3-11H,1-2H3,(H,25,28)(H,26,29). The molecule has 7 nitrogen and oxygen atoms in total. The average Bonchev–Trinajstić information content (AvgIpc) is 2.73. The van der Waals surface area contributed by atoms with E-state index in [9.17, 15) is 19.7 Å². The number of carbonyl (C=O) groups is 2. The third-order valence-electron chi connectivity index (χ3n) is 4.51. The summed E-state index contributed by atoms with van der Waals surface area (Å²) in [6.45, 7) is 3.64. The van der Waals surface area contributed by atoms with Crippen molar-refractivity contribution in [2.45, 2.75) is 13.8 Å². The minimum Gasteiger partial charge on any atom is -0.322 e. The number of aryl methyl sites for hydroxylation is 2. The van der Waals surface area contributed by atoms with Crippen molar-refractivity contribution in [2.75, 3.05) is 10.6 Å². The molecule has 2 amide bonds. The summed E-state index contributed by atoms with van der Waals surface area (Å²) in [5.41, 5.74) is 2.05. The molecule has 31 heavy (non-hydrogen) atoms. The minimum atomic E-state index is -0.668. The fourth-order valence-electron chi connectivity index (χ4n) is 2.73. The lowest BCUT2D eigenvalue weighted by atomic mass is 10.1. The predicted octanol–water partition coefficient (Wildman–Crippen LogP) is 6.02. The molecule has 3 aromatic rings. The van der Waals surface area contributed by atoms with Gasteiger partial charge < -0.3 is 10.6 Å². The second-order valence-electron chi connectivity index (χ2n) is 6.86. The Morgan fingerprint density at radius 3 is 1.55 bits per heavy atom. The van der Waals surface area contributed by atoms with E-state index in [-0.39, 0.29) is 16.8 Å². The van der Waals surface area contributed by atoms with Gasteiger partial charge in [-0.2, -0.15) is 0 Å². The van der Waals surface area contributed by atoms with E-state index in [4.69, 9.17) is 23.2 Å². The van der Waals surface area contributed by atoms with Crippen LogP contribution in [0.5, 0.6) is 0 Å². The van der Waals surface area contributed by atoms with Crippen molar-refractivity contribution >= 4 is 52.1 Å². The molecule has 3 rings (SSSR count). The maximum Gasteiger partial charge on any atom is 0.271 e. The number of halogens is 2. The molecule has 0 aliphatic heterocycles. The predicted molar refractivity (Wildman–Crippen MR) is 121 cm³/mol. The molecule has 158 valence electrons. The van der Waals surface area contributed by atoms with E-state index >= 15 is 0 Å². The maximum absolute atomic E-state index is 12.7. The van der Waals surface area contributed by atoms with E-state index in [1.54, 1.807) is 36.4 Å². The van der Waals surface area contributed by atoms with Crippen molar-refractivity contribution in [1.82, 2.24) is 0 Å². The van der Waals surface area contributed by atoms with Gasteiger partial charge in [0.05, 0.1) is 4.92 Å². The van der Waals surface area contributed by atoms with Gasteiger partial charge in [0.15, 0.2) is 0 Å². The zero-order valence-electron chi connectivity index (χ0n) is 16.5. The van der Waals surface area contributed by atoms with E-state index in [1.807, 2.05) is 13.8 Å². The molecule has 0 aromatic heterocycles. The molecule has 9 heteroatoms. The highest BCUT2D eigenvalue weighted by Crippen LogP contribution is 2.24. The molecule has 3 aromatic carbocycles. The van der Waals surface area contributed by atoms with Crippen LogP contribution in [0, 0.1) is 24.0 Å². The Balaban J connectivity index is 1.89. The Kier molecular flexibility index (Phi) is 6.58. The number of amides is 2. The summed E-state index contributed by atoms with van der Waals surface area (Å²) >= 11 is 12.1. The third-order valence-corrected chi connectivity index (χ3v) is 5.33. The summed E-state index contributed by atoms with van der Waals surface area (Å²) in [6, 6.07) is 13.4. The first-order valence-electron chi connectivity index (χ1n) is 9.08. The number of non-ortho nitro benzene ring substituents is 1. The van der Waals surface area contributed by atoms with Crippen LogP contribution < -0.4 is 10.6 Å². The molecule has 0 saturated carbocycles. The number of nitrogens with one attached hydrogen (secondary N) is 2. The molecule has 0 fully saturated rings. The van der Waals surface area contributed by atoms with Gasteiger partial charge in [-0.15, -0.1) is 0 Å². The van der Waals surface area contributed by atoms with Gasteiger partial charge in [-0.1, -0.05) is 35.3 Å². The first-order chi connectivity index (χ1) is 14.6. The Morgan fingerprint density at radius 1 is 0.774 bits per heavy atom. The van der Waals surface area contributed by atoms with Crippen LogP contribution in [0.15, 0.2) is 54.6 Å². The van der Waals surface area contributed by atoms with E-state index in [0.717, 1.165) is 23.3 Å². The van der Waals surface area contributed by atoms with Crippen molar-refractivity contribution in [3.63, 3.8) is 0 Å². The van der Waals surface area contributed by atoms with E-state index in [1.165, 1.54) is 6.07 Å². The zero-order valence-corrected chi connectivity index (χ0v) is 18.0. The Bertz CT molecular complexity index is 1130. The molecule has 0 aliphatic rings. The van der Waals surface area contributed by atoms with Crippen LogP contribution in [-0.4, -0.2) is 16.7 Å². The molecule has 2 N–H and O–H groups in total. The summed E-state index contributed by atoms with van der Waals surface area (Å²) in [7, 11) is 0. The number of rotatable bonds is 5. The molecule has 0 atom stereocenters. The third kappa shape index (κ3) is 5.39. The van der Waals surface area contributed by atoms with Crippen LogP contribution in [0.4, 0.5) is 17.1 Å². The maximum atomic E-state index is 12.7. The van der Waals surface area contributed by atoms with E-state index in [2.05, 4.69) is 10.6 Å². The molecule has 0 unspecified atom stereocenters. The van der Waals surface area contributed by atoms with Crippen molar-refractivity contribution in [3.8, 4) is 0 Å². The fourth-order valence-corrected chi connectivity index (χ4v) is 3.09. The number of nitrogens with zero attached hydrogens (tertiary/aromatic N) is 1. The summed E-state index contributed by atoms with van der Waals surface area (Å²) in [4.78, 5) is 36.0. The topological polar surface area (TPSA) is 101 Å². The number of anilines is 2. The van der Waals surface area contributed by atoms with Gasteiger partial charge in [0.1, 0.15) is 0 Å². The second-order valence-corrected chi connectivity index (χ2v) is 7.68. The van der Waals surface area contributed by atoms with Crippen LogP contribution in [-0.2, 0) is 0 Å². The number of nitro benzene ring substituents is 1. The van der Waals surface area contributed by atoms with Crippen LogP contribution >= 0.6 is 23.2 Å². The average molecular weight is 458 g/mol. The Hall–Kier alpha value is -3.42. The summed E-state index contributed by atoms with van der Waals surface area (Å²) < 4.78 is 0. The van der Waals surface area contributed by atoms with Crippen molar-refractivity contribution < 1.29 is 14.5 Å². The van der Waals surface area contributed by atoms with Gasteiger partial charge in [-0.25, -0.2) is 0 Å². The summed E-state index contributed by atoms with van der Waals surface area (Å²) in [6.07, 6.45) is 0. The van der Waals surface area contributed by atoms with Crippen molar-refractivity contribution in [2.24, 2.45) is 0 Å². The van der Waals surface area contributed by atoms with Gasteiger partial charge in [0, 0.05) is 44.7 Å². The lowest BCUT2D eigenvalue weighted by Crippen LogP contribution is -2.16. The molecular formula is C22H17Cl2N3O4. The van der Waals surface area contributed by atoms with Gasteiger partial charge >= 0.3 is 0 Å². The molecule has 0 aliphatic carbocycles. The number of nitro groups is 1. The lowest BCUT2D eigenvalue weighted by Gasteiger charge is -2.10. The van der Waals surface area contributed by atoms with Crippen LogP contribution in [0.25, 0.3) is 0 Å². The number of hydrogen-bond donors (Lipinski definition) is 2. The van der Waals surface area contributed by atoms with Gasteiger partial charge in [0.2, 0.25) is 0 Å². The smallest absolute Gasteiger partial charge is 0.271 e. The highest BCUT2D eigenvalue weighted by molar-refractivity contribution is 6.32. The SMILES string of the molecule is Cc1ccc(NC(=O)c2cc(C(=O)Nc3ccc(C)c(Cl)c3)cc([N+](=O)[O-])c2)cc1Cl. The van der Waals surface area contributed by atoms with Crippen molar-refractivity contribution in [1.29, 1.82) is 0 Å². The Labute approximate surface area is 188 Å². The quantitative estimate of drug-likeness (QED) is 0.360. The molecule has 0 radical (unpaired) electrons. The lowest BCUT2D eigenvalue weighted by molar-refractivity contribution is -0.384. The number of hydrogen-bond acceptors (Lipinski definition) is 4. The van der Waals surface area contributed by atoms with E-state index in [0.29, 0.717) is 21.4 Å². The zero-order chi connectivity index (χ0) is 22.7. The van der Waals surface area contributed by atoms with Gasteiger partial charge in [-0.05, 0) is 55.3 Å². The molecule has 0 bridgehead atoms. The first kappa shape index (κ1) is 22.3. The monoisotopic (exact) mass is 457 g/mol. The molecule has 0 spiro atoms. The highest BCUT2D eigenvalue weighted by Gasteiger charge is 2.19. The van der Waals surface area contributed by atoms with Crippen LogP contribution in [0.3, 0.4) is 0 Å². The minimum absolute atomic E-state index is 0.0435. The van der Waals surface area contributed by atoms with Crippen LogP contribution in [0.1, 0.15) is 31.8 Å². The normalized spacial score (nSPS) is 10.5. The Morgan fingerprint density at radius 2 is 1.19 bits per heavy atom. The molecular weight excluding hydrogens is 441 g/mol. The van der Waals surface area contributed by atoms with E-state index < -0.39 is 16.7 Å². The van der Waals surface area contributed by atoms with Crippen LogP contribution in [0.2, 0.25) is 10.0 Å². The second kappa shape index (κ2) is 9.16. The number of carbonyl (C=O) groups excluding carboxylic acids is 2. The van der Waals surface area contributed by atoms with Gasteiger partial charge in [0.25, 0.3) is 17.5 Å². The summed E-state index contributed by atoms with van der Waals surface area (Å²) in [5.74, 6) is -1.23. The van der Waals surface area contributed by atoms with Crippen molar-refractivity contribution in [3.05, 3.63) is 97.0 Å². The first-order valence-corrected chi connectivity index (χ1v) is 9.84. The number of benzene rings is 3. The molecule has 0 heterocycles. The molecule has 0 saturated heterocycles. The van der Waals surface area contributed by atoms with Gasteiger partial charge in [-0.3, -0.25) is 19.7 Å². The summed E-state index contributed by atoms with van der Waals surface area (Å²) in [5, 5.41) is 17.5. The fraction of sp³-hybridized carbons (Fsp3) is 0.0909. The highest BCUT2D eigenvalue weighted by atomic mass is 35.5.